The molecule has 0 saturated heterocycles. The first-order valence-corrected chi connectivity index (χ1v) is 9.91. The number of hydrogen-bond acceptors (Lipinski definition) is 6. The number of nitrogens with one attached hydrogen (secondary N) is 1. The van der Waals surface area contributed by atoms with E-state index >= 15 is 0 Å². The van der Waals surface area contributed by atoms with E-state index < -0.39 is 0 Å². The maximum Gasteiger partial charge on any atom is 0.221 e. The molecule has 0 saturated carbocycles. The van der Waals surface area contributed by atoms with E-state index in [4.69, 9.17) is 0 Å². The zero-order valence-electron chi connectivity index (χ0n) is 14.8. The number of para-hydroxylation sites is 1. The van der Waals surface area contributed by atoms with Gasteiger partial charge in [0.1, 0.15) is 22.4 Å². The number of nitriles is 1. The normalized spacial score (nSPS) is 12.9. The number of nitrogens with zero attached hydrogens (tertiary/aromatic N) is 2. The van der Waals surface area contributed by atoms with Crippen LogP contribution >= 0.6 is 23.1 Å². The summed E-state index contributed by atoms with van der Waals surface area (Å²) in [7, 11) is 0. The van der Waals surface area contributed by atoms with Gasteiger partial charge >= 0.3 is 0 Å². The Labute approximate surface area is 165 Å². The summed E-state index contributed by atoms with van der Waals surface area (Å²) in [4.78, 5) is 16.5. The van der Waals surface area contributed by atoms with Crippen molar-refractivity contribution in [3.63, 3.8) is 0 Å². The minimum absolute atomic E-state index is 0.00694. The Kier molecular flexibility index (Phi) is 5.79. The number of aliphatic hydroxyl groups excluding tert-OH is 1. The molecule has 7 heteroatoms. The van der Waals surface area contributed by atoms with Crippen molar-refractivity contribution < 1.29 is 9.90 Å². The summed E-state index contributed by atoms with van der Waals surface area (Å²) in [5.41, 5.74) is 1.73. The number of benzene rings is 2. The number of hydrogen-bond donors (Lipinski definition) is 2. The molecule has 5 nitrogen and oxygen atoms in total. The van der Waals surface area contributed by atoms with E-state index in [0.717, 1.165) is 15.1 Å². The zero-order chi connectivity index (χ0) is 19.4. The summed E-state index contributed by atoms with van der Waals surface area (Å²) in [6.07, 6.45) is 0. The molecule has 2 N–H and O–H groups in total. The summed E-state index contributed by atoms with van der Waals surface area (Å²) in [5.74, 6) is -0.119. The number of allylic oxidation sites excluding steroid dienone is 1. The highest BCUT2D eigenvalue weighted by atomic mass is 32.2. The number of thioether (sulfide) groups is 1. The average molecular weight is 396 g/mol. The highest BCUT2D eigenvalue weighted by Crippen LogP contribution is 2.33. The van der Waals surface area contributed by atoms with Crippen LogP contribution in [-0.4, -0.2) is 21.2 Å². The van der Waals surface area contributed by atoms with Gasteiger partial charge in [-0.1, -0.05) is 12.1 Å². The topological polar surface area (TPSA) is 86.0 Å². The molecule has 1 heterocycles. The first-order valence-electron chi connectivity index (χ1n) is 8.21. The van der Waals surface area contributed by atoms with Crippen LogP contribution < -0.4 is 5.32 Å². The molecule has 0 fully saturated rings. The zero-order valence-corrected chi connectivity index (χ0v) is 16.4. The van der Waals surface area contributed by atoms with E-state index in [2.05, 4.69) is 16.4 Å². The average Bonchev–Trinajstić information content (AvgIpc) is 3.07. The molecule has 3 rings (SSSR count). The van der Waals surface area contributed by atoms with Crippen molar-refractivity contribution >= 4 is 50.5 Å². The molecule has 0 bridgehead atoms. The molecular weight excluding hydrogens is 378 g/mol. The second-order valence-electron chi connectivity index (χ2n) is 5.82. The van der Waals surface area contributed by atoms with Gasteiger partial charge in [0.25, 0.3) is 0 Å². The van der Waals surface area contributed by atoms with Crippen LogP contribution in [0.4, 0.5) is 5.69 Å². The number of rotatable bonds is 5. The molecule has 0 aliphatic rings. The minimum Gasteiger partial charge on any atom is -0.510 e. The van der Waals surface area contributed by atoms with Crippen LogP contribution in [0.2, 0.25) is 0 Å². The smallest absolute Gasteiger partial charge is 0.221 e. The first-order chi connectivity index (χ1) is 13.0. The number of anilines is 1. The fourth-order valence-electron chi connectivity index (χ4n) is 2.48. The number of carbonyl (C=O) groups is 1. The molecule has 0 spiro atoms. The van der Waals surface area contributed by atoms with Crippen molar-refractivity contribution in [1.29, 1.82) is 5.26 Å². The van der Waals surface area contributed by atoms with Crippen LogP contribution in [0, 0.1) is 11.3 Å². The van der Waals surface area contributed by atoms with E-state index in [9.17, 15) is 15.2 Å². The maximum atomic E-state index is 11.1. The lowest BCUT2D eigenvalue weighted by atomic mass is 10.2. The van der Waals surface area contributed by atoms with Gasteiger partial charge in [0.2, 0.25) is 5.91 Å². The third-order valence-corrected chi connectivity index (χ3v) is 5.92. The largest absolute Gasteiger partial charge is 0.510 e. The van der Waals surface area contributed by atoms with Crippen LogP contribution in [0.1, 0.15) is 18.9 Å². The monoisotopic (exact) mass is 395 g/mol. The molecule has 0 aliphatic heterocycles. The summed E-state index contributed by atoms with van der Waals surface area (Å²) in [5, 5.41) is 23.1. The lowest BCUT2D eigenvalue weighted by molar-refractivity contribution is -0.114. The lowest BCUT2D eigenvalue weighted by Crippen LogP contribution is -2.06. The summed E-state index contributed by atoms with van der Waals surface area (Å²) in [6.45, 7) is 3.30. The molecule has 1 amide bonds. The number of thiazole rings is 1. The van der Waals surface area contributed by atoms with E-state index in [1.165, 1.54) is 30.0 Å². The highest BCUT2D eigenvalue weighted by molar-refractivity contribution is 8.00. The number of fused-ring (bicyclic) bond motifs is 1. The van der Waals surface area contributed by atoms with Gasteiger partial charge in [-0.3, -0.25) is 4.79 Å². The SMILES string of the molecule is CC(=O)Nc1ccc(SC(C)/C(O)=C(\C#N)c2nc3ccccc3s2)cc1. The van der Waals surface area contributed by atoms with Gasteiger partial charge in [-0.2, -0.15) is 5.26 Å². The molecule has 0 radical (unpaired) electrons. The fraction of sp³-hybridized carbons (Fsp3) is 0.150. The maximum absolute atomic E-state index is 11.1. The van der Waals surface area contributed by atoms with Gasteiger partial charge < -0.3 is 10.4 Å². The third-order valence-electron chi connectivity index (χ3n) is 3.75. The van der Waals surface area contributed by atoms with Crippen LogP contribution in [-0.2, 0) is 4.79 Å². The van der Waals surface area contributed by atoms with Crippen molar-refractivity contribution in [2.75, 3.05) is 5.32 Å². The van der Waals surface area contributed by atoms with Gasteiger partial charge in [0.05, 0.1) is 15.5 Å². The van der Waals surface area contributed by atoms with Gasteiger partial charge in [-0.15, -0.1) is 23.1 Å². The number of amides is 1. The molecule has 3 aromatic rings. The molecule has 1 aromatic heterocycles. The quantitative estimate of drug-likeness (QED) is 0.351. The van der Waals surface area contributed by atoms with Crippen molar-refractivity contribution in [2.45, 2.75) is 24.0 Å². The molecule has 27 heavy (non-hydrogen) atoms. The second-order valence-corrected chi connectivity index (χ2v) is 8.27. The van der Waals surface area contributed by atoms with Gasteiger partial charge in [-0.25, -0.2) is 4.98 Å². The first kappa shape index (κ1) is 19.0. The predicted octanol–water partition coefficient (Wildman–Crippen LogP) is 5.23. The van der Waals surface area contributed by atoms with Gasteiger partial charge in [0, 0.05) is 17.5 Å². The Balaban J connectivity index is 1.82. The van der Waals surface area contributed by atoms with E-state index in [-0.39, 0.29) is 22.5 Å². The Bertz CT molecular complexity index is 1020. The van der Waals surface area contributed by atoms with Gasteiger partial charge in [0.15, 0.2) is 0 Å². The third kappa shape index (κ3) is 4.48. The van der Waals surface area contributed by atoms with E-state index in [0.29, 0.717) is 10.7 Å². The number of aliphatic hydroxyl groups is 1. The lowest BCUT2D eigenvalue weighted by Gasteiger charge is -2.12. The fourth-order valence-corrected chi connectivity index (χ4v) is 4.38. The molecule has 136 valence electrons. The second kappa shape index (κ2) is 8.25. The molecule has 1 atom stereocenters. The van der Waals surface area contributed by atoms with Crippen LogP contribution in [0.15, 0.2) is 59.2 Å². The van der Waals surface area contributed by atoms with E-state index in [1.807, 2.05) is 43.3 Å². The van der Waals surface area contributed by atoms with Gasteiger partial charge in [-0.05, 0) is 43.3 Å². The van der Waals surface area contributed by atoms with Crippen molar-refractivity contribution in [3.8, 4) is 6.07 Å². The summed E-state index contributed by atoms with van der Waals surface area (Å²) < 4.78 is 0.974. The summed E-state index contributed by atoms with van der Waals surface area (Å²) >= 11 is 2.82. The number of aromatic nitrogens is 1. The minimum atomic E-state index is -0.321. The molecule has 0 aliphatic carbocycles. The number of carbonyl (C=O) groups excluding carboxylic acids is 1. The molecule has 1 unspecified atom stereocenters. The van der Waals surface area contributed by atoms with Crippen LogP contribution in [0.25, 0.3) is 15.8 Å². The highest BCUT2D eigenvalue weighted by Gasteiger charge is 2.19. The van der Waals surface area contributed by atoms with Crippen molar-refractivity contribution in [3.05, 3.63) is 59.3 Å². The summed E-state index contributed by atoms with van der Waals surface area (Å²) in [6, 6.07) is 17.1. The Morgan fingerprint density at radius 3 is 2.59 bits per heavy atom. The van der Waals surface area contributed by atoms with Crippen molar-refractivity contribution in [2.24, 2.45) is 0 Å². The standard InChI is InChI=1S/C20H17N3O2S2/c1-12(26-15-9-7-14(8-10-15)22-13(2)24)19(25)16(11-21)20-23-17-5-3-4-6-18(17)27-20/h3-10,12,25H,1-2H3,(H,22,24)/b19-16-. The van der Waals surface area contributed by atoms with E-state index in [1.54, 1.807) is 12.1 Å². The molecular formula is C20H17N3O2S2. The Hall–Kier alpha value is -2.82. The predicted molar refractivity (Wildman–Crippen MR) is 111 cm³/mol. The van der Waals surface area contributed by atoms with Crippen molar-refractivity contribution in [1.82, 2.24) is 4.98 Å². The van der Waals surface area contributed by atoms with Crippen LogP contribution in [0.5, 0.6) is 0 Å². The van der Waals surface area contributed by atoms with Crippen LogP contribution in [0.3, 0.4) is 0 Å². The Morgan fingerprint density at radius 2 is 1.96 bits per heavy atom. The Morgan fingerprint density at radius 1 is 1.26 bits per heavy atom. The molecule has 2 aromatic carbocycles.